The molecule has 6 heteroatoms. The molecule has 2 aromatic rings. The number of carbonyl (C=O) groups is 2. The van der Waals surface area contributed by atoms with Crippen LogP contribution in [0.25, 0.3) is 0 Å². The molecule has 2 rings (SSSR count). The Labute approximate surface area is 157 Å². The van der Waals surface area contributed by atoms with Crippen LogP contribution in [0.2, 0.25) is 10.0 Å². The molecule has 0 aliphatic carbocycles. The van der Waals surface area contributed by atoms with Gasteiger partial charge in [-0.2, -0.15) is 0 Å². The van der Waals surface area contributed by atoms with Crippen LogP contribution in [0.1, 0.15) is 18.1 Å². The standard InChI is InChI=1S/C19H20Cl2N2O2/c1-13(19(25)22-2)23(12-15-8-4-6-10-17(15)21)18(24)11-14-7-3-5-9-16(14)20/h3-10,13H,11-12H2,1-2H3,(H,22,25). The minimum Gasteiger partial charge on any atom is -0.357 e. The van der Waals surface area contributed by atoms with Gasteiger partial charge in [-0.05, 0) is 30.2 Å². The first-order valence-corrected chi connectivity index (χ1v) is 8.67. The molecule has 0 aromatic heterocycles. The molecule has 1 N–H and O–H groups in total. The quantitative estimate of drug-likeness (QED) is 0.832. The van der Waals surface area contributed by atoms with Gasteiger partial charge >= 0.3 is 0 Å². The summed E-state index contributed by atoms with van der Waals surface area (Å²) in [5, 5.41) is 3.67. The maximum atomic E-state index is 12.9. The Kier molecular flexibility index (Phi) is 6.85. The van der Waals surface area contributed by atoms with Gasteiger partial charge in [-0.3, -0.25) is 9.59 Å². The summed E-state index contributed by atoms with van der Waals surface area (Å²) in [7, 11) is 1.55. The van der Waals surface area contributed by atoms with E-state index in [1.165, 1.54) is 4.90 Å². The van der Waals surface area contributed by atoms with Gasteiger partial charge in [0.15, 0.2) is 0 Å². The molecule has 0 saturated carbocycles. The molecule has 0 fully saturated rings. The van der Waals surface area contributed by atoms with E-state index in [0.717, 1.165) is 11.1 Å². The van der Waals surface area contributed by atoms with E-state index >= 15 is 0 Å². The second kappa shape index (κ2) is 8.88. The molecule has 1 atom stereocenters. The predicted octanol–water partition coefficient (Wildman–Crippen LogP) is 3.70. The minimum absolute atomic E-state index is 0.117. The molecule has 4 nitrogen and oxygen atoms in total. The Morgan fingerprint density at radius 1 is 1.00 bits per heavy atom. The van der Waals surface area contributed by atoms with Gasteiger partial charge in [-0.25, -0.2) is 0 Å². The largest absolute Gasteiger partial charge is 0.357 e. The van der Waals surface area contributed by atoms with Crippen LogP contribution in [0.3, 0.4) is 0 Å². The van der Waals surface area contributed by atoms with E-state index in [1.54, 1.807) is 32.2 Å². The summed E-state index contributed by atoms with van der Waals surface area (Å²) in [6.07, 6.45) is 0.117. The maximum absolute atomic E-state index is 12.9. The monoisotopic (exact) mass is 378 g/mol. The number of rotatable bonds is 6. The molecule has 0 saturated heterocycles. The normalized spacial score (nSPS) is 11.7. The number of hydrogen-bond acceptors (Lipinski definition) is 2. The molecule has 2 amide bonds. The molecule has 2 aromatic carbocycles. The summed E-state index contributed by atoms with van der Waals surface area (Å²) in [5.74, 6) is -0.427. The topological polar surface area (TPSA) is 49.4 Å². The number of hydrogen-bond donors (Lipinski definition) is 1. The van der Waals surface area contributed by atoms with Crippen LogP contribution in [0.5, 0.6) is 0 Å². The van der Waals surface area contributed by atoms with E-state index in [0.29, 0.717) is 10.0 Å². The third kappa shape index (κ3) is 4.97. The molecule has 0 aliphatic rings. The van der Waals surface area contributed by atoms with E-state index in [-0.39, 0.29) is 24.8 Å². The van der Waals surface area contributed by atoms with Crippen molar-refractivity contribution in [3.63, 3.8) is 0 Å². The van der Waals surface area contributed by atoms with Crippen molar-refractivity contribution in [1.29, 1.82) is 0 Å². The van der Waals surface area contributed by atoms with Crippen LogP contribution >= 0.6 is 23.2 Å². The van der Waals surface area contributed by atoms with E-state index in [1.807, 2.05) is 30.3 Å². The van der Waals surface area contributed by atoms with Gasteiger partial charge in [0.1, 0.15) is 6.04 Å². The van der Waals surface area contributed by atoms with Crippen LogP contribution in [0.15, 0.2) is 48.5 Å². The Hall–Kier alpha value is -2.04. The third-order valence-corrected chi connectivity index (χ3v) is 4.75. The highest BCUT2D eigenvalue weighted by Crippen LogP contribution is 2.21. The number of likely N-dealkylation sites (N-methyl/N-ethyl adjacent to an activating group) is 1. The first-order valence-electron chi connectivity index (χ1n) is 7.92. The average molecular weight is 379 g/mol. The van der Waals surface area contributed by atoms with Gasteiger partial charge in [0, 0.05) is 23.6 Å². The van der Waals surface area contributed by atoms with Crippen molar-refractivity contribution < 1.29 is 9.59 Å². The maximum Gasteiger partial charge on any atom is 0.242 e. The molecule has 0 aliphatic heterocycles. The van der Waals surface area contributed by atoms with Crippen molar-refractivity contribution in [3.8, 4) is 0 Å². The van der Waals surface area contributed by atoms with Crippen molar-refractivity contribution in [1.82, 2.24) is 10.2 Å². The molecule has 0 heterocycles. The van der Waals surface area contributed by atoms with Crippen molar-refractivity contribution in [3.05, 3.63) is 69.7 Å². The molecule has 1 unspecified atom stereocenters. The lowest BCUT2D eigenvalue weighted by Crippen LogP contribution is -2.47. The number of benzene rings is 2. The van der Waals surface area contributed by atoms with Crippen LogP contribution in [-0.4, -0.2) is 29.8 Å². The van der Waals surface area contributed by atoms with Crippen LogP contribution < -0.4 is 5.32 Å². The first kappa shape index (κ1) is 19.3. The second-order valence-electron chi connectivity index (χ2n) is 5.67. The molecule has 25 heavy (non-hydrogen) atoms. The number of halogens is 2. The molecule has 0 spiro atoms. The zero-order chi connectivity index (χ0) is 18.4. The fraction of sp³-hybridized carbons (Fsp3) is 0.263. The number of carbonyl (C=O) groups excluding carboxylic acids is 2. The van der Waals surface area contributed by atoms with Crippen molar-refractivity contribution in [2.45, 2.75) is 25.9 Å². The van der Waals surface area contributed by atoms with Gasteiger partial charge in [-0.1, -0.05) is 59.6 Å². The van der Waals surface area contributed by atoms with E-state index in [9.17, 15) is 9.59 Å². The van der Waals surface area contributed by atoms with Gasteiger partial charge in [-0.15, -0.1) is 0 Å². The minimum atomic E-state index is -0.628. The number of nitrogens with zero attached hydrogens (tertiary/aromatic N) is 1. The van der Waals surface area contributed by atoms with Gasteiger partial charge < -0.3 is 10.2 Å². The highest BCUT2D eigenvalue weighted by atomic mass is 35.5. The van der Waals surface area contributed by atoms with Crippen LogP contribution in [0, 0.1) is 0 Å². The van der Waals surface area contributed by atoms with Gasteiger partial charge in [0.05, 0.1) is 6.42 Å². The Morgan fingerprint density at radius 2 is 1.52 bits per heavy atom. The Morgan fingerprint density at radius 3 is 2.04 bits per heavy atom. The Bertz CT molecular complexity index is 765. The fourth-order valence-electron chi connectivity index (χ4n) is 2.51. The smallest absolute Gasteiger partial charge is 0.242 e. The SMILES string of the molecule is CNC(=O)C(C)N(Cc1ccccc1Cl)C(=O)Cc1ccccc1Cl. The lowest BCUT2D eigenvalue weighted by atomic mass is 10.1. The fourth-order valence-corrected chi connectivity index (χ4v) is 2.91. The first-order chi connectivity index (χ1) is 11.9. The summed E-state index contributed by atoms with van der Waals surface area (Å²) in [5.41, 5.74) is 1.51. The lowest BCUT2D eigenvalue weighted by Gasteiger charge is -2.29. The summed E-state index contributed by atoms with van der Waals surface area (Å²) in [6.45, 7) is 1.94. The van der Waals surface area contributed by atoms with Gasteiger partial charge in [0.2, 0.25) is 11.8 Å². The van der Waals surface area contributed by atoms with E-state index in [4.69, 9.17) is 23.2 Å². The zero-order valence-electron chi connectivity index (χ0n) is 14.1. The number of nitrogens with one attached hydrogen (secondary N) is 1. The highest BCUT2D eigenvalue weighted by molar-refractivity contribution is 6.31. The van der Waals surface area contributed by atoms with Crippen molar-refractivity contribution >= 4 is 35.0 Å². The van der Waals surface area contributed by atoms with Crippen LogP contribution in [0.4, 0.5) is 0 Å². The van der Waals surface area contributed by atoms with E-state index in [2.05, 4.69) is 5.32 Å². The molecule has 0 bridgehead atoms. The molecule has 0 radical (unpaired) electrons. The molecule has 132 valence electrons. The van der Waals surface area contributed by atoms with Crippen LogP contribution in [-0.2, 0) is 22.6 Å². The summed E-state index contributed by atoms with van der Waals surface area (Å²) < 4.78 is 0. The summed E-state index contributed by atoms with van der Waals surface area (Å²) in [4.78, 5) is 26.5. The second-order valence-corrected chi connectivity index (χ2v) is 6.49. The summed E-state index contributed by atoms with van der Waals surface area (Å²) >= 11 is 12.4. The average Bonchev–Trinajstić information content (AvgIpc) is 2.61. The van der Waals surface area contributed by atoms with Gasteiger partial charge in [0.25, 0.3) is 0 Å². The lowest BCUT2D eigenvalue weighted by molar-refractivity contribution is -0.139. The van der Waals surface area contributed by atoms with Crippen molar-refractivity contribution in [2.75, 3.05) is 7.05 Å². The van der Waals surface area contributed by atoms with Crippen molar-refractivity contribution in [2.24, 2.45) is 0 Å². The highest BCUT2D eigenvalue weighted by Gasteiger charge is 2.26. The van der Waals surface area contributed by atoms with E-state index < -0.39 is 6.04 Å². The Balaban J connectivity index is 2.27. The summed E-state index contributed by atoms with van der Waals surface area (Å²) in [6, 6.07) is 13.8. The zero-order valence-corrected chi connectivity index (χ0v) is 15.6. The predicted molar refractivity (Wildman–Crippen MR) is 101 cm³/mol. The number of amides is 2. The molecular formula is C19H20Cl2N2O2. The third-order valence-electron chi connectivity index (χ3n) is 4.01. The molecular weight excluding hydrogens is 359 g/mol.